The molecule has 1 aromatic rings. The highest BCUT2D eigenvalue weighted by Crippen LogP contribution is 2.26. The second-order valence-electron chi connectivity index (χ2n) is 6.00. The van der Waals surface area contributed by atoms with Crippen molar-refractivity contribution in [3.05, 3.63) is 23.8 Å². The molecule has 2 N–H and O–H groups in total. The molecular weight excluding hydrogens is 296 g/mol. The van der Waals surface area contributed by atoms with Crippen LogP contribution in [0.2, 0.25) is 0 Å². The van der Waals surface area contributed by atoms with Crippen LogP contribution < -0.4 is 15.3 Å². The van der Waals surface area contributed by atoms with Crippen LogP contribution in [0.25, 0.3) is 0 Å². The van der Waals surface area contributed by atoms with Crippen molar-refractivity contribution < 1.29 is 14.6 Å². The third-order valence-corrected chi connectivity index (χ3v) is 3.49. The second-order valence-corrected chi connectivity index (χ2v) is 6.00. The molecule has 0 bridgehead atoms. The van der Waals surface area contributed by atoms with Crippen LogP contribution in [0.4, 0.5) is 5.69 Å². The highest BCUT2D eigenvalue weighted by Gasteiger charge is 2.37. The standard InChI is InChI=1S/C16H20N4O3/c1-11(2)6-7-23-14-5-4-13(8-12(14)9-17)20-18-10-16(3,19-20)15(21)22/h4-5,8,10-11,19H,6-7H2,1-3H3,(H,21,22). The molecule has 1 unspecified atom stereocenters. The van der Waals surface area contributed by atoms with Gasteiger partial charge in [0, 0.05) is 0 Å². The molecule has 0 aliphatic carbocycles. The number of aliphatic carboxylic acids is 1. The van der Waals surface area contributed by atoms with Crippen LogP contribution in [0.5, 0.6) is 5.75 Å². The maximum atomic E-state index is 11.2. The molecule has 1 aliphatic heterocycles. The summed E-state index contributed by atoms with van der Waals surface area (Å²) in [5.74, 6) is 0.00982. The molecule has 0 amide bonds. The Bertz CT molecular complexity index is 666. The number of benzene rings is 1. The minimum absolute atomic E-state index is 0.382. The Morgan fingerprint density at radius 3 is 2.87 bits per heavy atom. The zero-order valence-electron chi connectivity index (χ0n) is 13.4. The van der Waals surface area contributed by atoms with Gasteiger partial charge in [-0.1, -0.05) is 13.8 Å². The molecule has 0 fully saturated rings. The van der Waals surface area contributed by atoms with Crippen LogP contribution in [-0.4, -0.2) is 29.4 Å². The van der Waals surface area contributed by atoms with E-state index in [0.717, 1.165) is 6.42 Å². The van der Waals surface area contributed by atoms with Gasteiger partial charge in [-0.3, -0.25) is 0 Å². The first-order valence-electron chi connectivity index (χ1n) is 7.39. The van der Waals surface area contributed by atoms with Crippen molar-refractivity contribution in [2.24, 2.45) is 11.0 Å². The van der Waals surface area contributed by atoms with E-state index < -0.39 is 11.5 Å². The van der Waals surface area contributed by atoms with Crippen molar-refractivity contribution >= 4 is 17.9 Å². The van der Waals surface area contributed by atoms with Gasteiger partial charge in [0.05, 0.1) is 24.1 Å². The molecule has 1 atom stereocenters. The summed E-state index contributed by atoms with van der Waals surface area (Å²) in [5, 5.41) is 23.8. The van der Waals surface area contributed by atoms with Crippen molar-refractivity contribution in [1.29, 1.82) is 5.26 Å². The van der Waals surface area contributed by atoms with Gasteiger partial charge in [-0.05, 0) is 37.5 Å². The third kappa shape index (κ3) is 3.79. The first-order valence-corrected chi connectivity index (χ1v) is 7.39. The lowest BCUT2D eigenvalue weighted by Gasteiger charge is -2.21. The lowest BCUT2D eigenvalue weighted by molar-refractivity contribution is -0.140. The highest BCUT2D eigenvalue weighted by atomic mass is 16.5. The molecule has 1 aliphatic rings. The summed E-state index contributed by atoms with van der Waals surface area (Å²) in [6, 6.07) is 7.13. The topological polar surface area (TPSA) is 97.9 Å². The van der Waals surface area contributed by atoms with Crippen LogP contribution in [0.3, 0.4) is 0 Å². The van der Waals surface area contributed by atoms with Gasteiger partial charge in [0.1, 0.15) is 11.8 Å². The fourth-order valence-electron chi connectivity index (χ4n) is 1.95. The van der Waals surface area contributed by atoms with E-state index in [1.54, 1.807) is 18.2 Å². The lowest BCUT2D eigenvalue weighted by Crippen LogP contribution is -2.51. The quantitative estimate of drug-likeness (QED) is 0.834. The lowest BCUT2D eigenvalue weighted by atomic mass is 10.1. The van der Waals surface area contributed by atoms with Gasteiger partial charge in [0.25, 0.3) is 0 Å². The summed E-state index contributed by atoms with van der Waals surface area (Å²) in [6.45, 7) is 6.26. The third-order valence-electron chi connectivity index (χ3n) is 3.49. The maximum absolute atomic E-state index is 11.2. The molecule has 0 aromatic heterocycles. The molecule has 1 heterocycles. The molecule has 23 heavy (non-hydrogen) atoms. The van der Waals surface area contributed by atoms with E-state index in [-0.39, 0.29) is 0 Å². The molecular formula is C16H20N4O3. The minimum atomic E-state index is -1.26. The zero-order chi connectivity index (χ0) is 17.0. The number of nitrogens with zero attached hydrogens (tertiary/aromatic N) is 3. The fraction of sp³-hybridized carbons (Fsp3) is 0.438. The average molecular weight is 316 g/mol. The largest absolute Gasteiger partial charge is 0.492 e. The molecule has 0 radical (unpaired) electrons. The molecule has 7 heteroatoms. The first-order chi connectivity index (χ1) is 10.9. The summed E-state index contributed by atoms with van der Waals surface area (Å²) in [7, 11) is 0. The Morgan fingerprint density at radius 2 is 2.30 bits per heavy atom. The maximum Gasteiger partial charge on any atom is 0.331 e. The van der Waals surface area contributed by atoms with Gasteiger partial charge >= 0.3 is 5.97 Å². The first kappa shape index (κ1) is 16.8. The molecule has 0 spiro atoms. The fourth-order valence-corrected chi connectivity index (χ4v) is 1.95. The number of nitrogens with one attached hydrogen (secondary N) is 1. The molecule has 2 rings (SSSR count). The number of hydrogen-bond acceptors (Lipinski definition) is 6. The second kappa shape index (κ2) is 6.67. The Labute approximate surface area is 135 Å². The van der Waals surface area contributed by atoms with Crippen LogP contribution >= 0.6 is 0 Å². The van der Waals surface area contributed by atoms with Crippen LogP contribution in [0, 0.1) is 17.2 Å². The molecule has 0 saturated heterocycles. The number of hydrazone groups is 1. The normalized spacial score (nSPS) is 19.9. The van der Waals surface area contributed by atoms with Crippen molar-refractivity contribution in [3.63, 3.8) is 0 Å². The van der Waals surface area contributed by atoms with E-state index in [2.05, 4.69) is 30.4 Å². The van der Waals surface area contributed by atoms with Crippen molar-refractivity contribution in [3.8, 4) is 11.8 Å². The smallest absolute Gasteiger partial charge is 0.331 e. The highest BCUT2D eigenvalue weighted by molar-refractivity contribution is 6.00. The van der Waals surface area contributed by atoms with E-state index >= 15 is 0 Å². The number of ether oxygens (including phenoxy) is 1. The Hall–Kier alpha value is -2.59. The monoisotopic (exact) mass is 316 g/mol. The molecule has 122 valence electrons. The SMILES string of the molecule is CC(C)CCOc1ccc(N2N=CC(C)(C(=O)O)N2)cc1C#N. The average Bonchev–Trinajstić information content (AvgIpc) is 2.91. The van der Waals surface area contributed by atoms with E-state index in [0.29, 0.717) is 29.5 Å². The summed E-state index contributed by atoms with van der Waals surface area (Å²) < 4.78 is 5.64. The van der Waals surface area contributed by atoms with E-state index in [1.807, 2.05) is 0 Å². The van der Waals surface area contributed by atoms with Crippen molar-refractivity contribution in [2.75, 3.05) is 11.7 Å². The molecule has 0 saturated carbocycles. The van der Waals surface area contributed by atoms with Gasteiger partial charge in [0.2, 0.25) is 0 Å². The molecule has 1 aromatic carbocycles. The van der Waals surface area contributed by atoms with Crippen molar-refractivity contribution in [2.45, 2.75) is 32.7 Å². The summed E-state index contributed by atoms with van der Waals surface area (Å²) in [6.07, 6.45) is 2.22. The van der Waals surface area contributed by atoms with Gasteiger partial charge in [-0.15, -0.1) is 0 Å². The van der Waals surface area contributed by atoms with E-state index in [1.165, 1.54) is 18.3 Å². The summed E-state index contributed by atoms with van der Waals surface area (Å²) in [4.78, 5) is 11.2. The number of carboxylic acid groups (broad SMARTS) is 1. The van der Waals surface area contributed by atoms with Crippen LogP contribution in [-0.2, 0) is 4.79 Å². The van der Waals surface area contributed by atoms with E-state index in [4.69, 9.17) is 4.74 Å². The predicted octanol–water partition coefficient (Wildman–Crippen LogP) is 2.14. The Kier molecular flexibility index (Phi) is 4.86. The number of hydrazine groups is 1. The predicted molar refractivity (Wildman–Crippen MR) is 86.3 cm³/mol. The minimum Gasteiger partial charge on any atom is -0.492 e. The number of nitriles is 1. The number of carbonyl (C=O) groups is 1. The Balaban J connectivity index is 2.13. The number of rotatable bonds is 6. The zero-order valence-corrected chi connectivity index (χ0v) is 13.4. The van der Waals surface area contributed by atoms with Crippen molar-refractivity contribution in [1.82, 2.24) is 5.43 Å². The number of carboxylic acids is 1. The van der Waals surface area contributed by atoms with E-state index in [9.17, 15) is 15.2 Å². The van der Waals surface area contributed by atoms with Crippen LogP contribution in [0.1, 0.15) is 32.8 Å². The summed E-state index contributed by atoms with van der Waals surface area (Å²) >= 11 is 0. The molecule has 7 nitrogen and oxygen atoms in total. The summed E-state index contributed by atoms with van der Waals surface area (Å²) in [5.41, 5.74) is 2.46. The Morgan fingerprint density at radius 1 is 1.57 bits per heavy atom. The van der Waals surface area contributed by atoms with Gasteiger partial charge in [0.15, 0.2) is 5.54 Å². The number of hydrogen-bond donors (Lipinski definition) is 2. The van der Waals surface area contributed by atoms with Gasteiger partial charge < -0.3 is 9.84 Å². The van der Waals surface area contributed by atoms with Crippen LogP contribution in [0.15, 0.2) is 23.3 Å². The van der Waals surface area contributed by atoms with Gasteiger partial charge in [-0.25, -0.2) is 4.79 Å². The number of anilines is 1. The van der Waals surface area contributed by atoms with Gasteiger partial charge in [-0.2, -0.15) is 20.9 Å².